The van der Waals surface area contributed by atoms with Gasteiger partial charge in [-0.15, -0.1) is 10.2 Å². The third-order valence-corrected chi connectivity index (χ3v) is 2.72. The van der Waals surface area contributed by atoms with Gasteiger partial charge in [-0.3, -0.25) is 0 Å². The van der Waals surface area contributed by atoms with Gasteiger partial charge in [0.15, 0.2) is 5.82 Å². The Morgan fingerprint density at radius 2 is 1.69 bits per heavy atom. The molecule has 0 bridgehead atoms. The Morgan fingerprint density at radius 1 is 1.06 bits per heavy atom. The van der Waals surface area contributed by atoms with E-state index in [0.29, 0.717) is 0 Å². The van der Waals surface area contributed by atoms with Gasteiger partial charge in [0.2, 0.25) is 0 Å². The van der Waals surface area contributed by atoms with Gasteiger partial charge in [-0.25, -0.2) is 0 Å². The summed E-state index contributed by atoms with van der Waals surface area (Å²) in [7, 11) is 1.95. The minimum Gasteiger partial charge on any atom is -0.317 e. The van der Waals surface area contributed by atoms with E-state index in [9.17, 15) is 0 Å². The van der Waals surface area contributed by atoms with Crippen molar-refractivity contribution >= 4 is 0 Å². The van der Waals surface area contributed by atoms with Crippen LogP contribution in [-0.2, 0) is 12.5 Å². The first kappa shape index (κ1) is 10.9. The van der Waals surface area contributed by atoms with E-state index in [1.165, 1.54) is 5.56 Å². The van der Waals surface area contributed by atoms with Gasteiger partial charge in [0.25, 0.3) is 0 Å². The maximum Gasteiger partial charge on any atom is 0.163 e. The Bertz CT molecular complexity index is 475. The van der Waals surface area contributed by atoms with Crippen LogP contribution in [0.5, 0.6) is 0 Å². The lowest BCUT2D eigenvalue weighted by molar-refractivity contribution is 0.590. The second-order valence-corrected chi connectivity index (χ2v) is 5.09. The van der Waals surface area contributed by atoms with E-state index in [2.05, 4.69) is 55.2 Å². The van der Waals surface area contributed by atoms with Crippen molar-refractivity contribution in [3.63, 3.8) is 0 Å². The van der Waals surface area contributed by atoms with Crippen molar-refractivity contribution < 1.29 is 0 Å². The summed E-state index contributed by atoms with van der Waals surface area (Å²) in [5, 5.41) is 7.97. The summed E-state index contributed by atoms with van der Waals surface area (Å²) in [6.07, 6.45) is 1.72. The molecule has 3 nitrogen and oxygen atoms in total. The van der Waals surface area contributed by atoms with Crippen molar-refractivity contribution in [2.45, 2.75) is 26.2 Å². The second-order valence-electron chi connectivity index (χ2n) is 5.09. The summed E-state index contributed by atoms with van der Waals surface area (Å²) < 4.78 is 1.92. The molecule has 84 valence electrons. The summed E-state index contributed by atoms with van der Waals surface area (Å²) in [5.41, 5.74) is 2.63. The molecule has 0 fully saturated rings. The van der Waals surface area contributed by atoms with Gasteiger partial charge in [0, 0.05) is 12.6 Å². The van der Waals surface area contributed by atoms with Crippen molar-refractivity contribution in [2.75, 3.05) is 0 Å². The van der Waals surface area contributed by atoms with Gasteiger partial charge >= 0.3 is 0 Å². The fourth-order valence-electron chi connectivity index (χ4n) is 1.66. The molecular formula is C13H17N3. The SMILES string of the molecule is Cn1cnnc1-c1ccc(C(C)(C)C)cc1. The van der Waals surface area contributed by atoms with Crippen LogP contribution in [0.2, 0.25) is 0 Å². The number of aromatic nitrogens is 3. The molecule has 1 aromatic heterocycles. The van der Waals surface area contributed by atoms with Gasteiger partial charge in [0.05, 0.1) is 0 Å². The zero-order valence-corrected chi connectivity index (χ0v) is 10.2. The number of benzene rings is 1. The maximum atomic E-state index is 4.09. The fourth-order valence-corrected chi connectivity index (χ4v) is 1.66. The minimum atomic E-state index is 0.193. The molecule has 1 heterocycles. The lowest BCUT2D eigenvalue weighted by Crippen LogP contribution is -2.10. The average molecular weight is 215 g/mol. The van der Waals surface area contributed by atoms with Crippen LogP contribution in [0.1, 0.15) is 26.3 Å². The molecule has 1 aromatic carbocycles. The van der Waals surface area contributed by atoms with E-state index in [0.717, 1.165) is 11.4 Å². The Hall–Kier alpha value is -1.64. The Kier molecular flexibility index (Phi) is 2.54. The molecule has 0 atom stereocenters. The van der Waals surface area contributed by atoms with Crippen LogP contribution in [0, 0.1) is 0 Å². The highest BCUT2D eigenvalue weighted by Crippen LogP contribution is 2.24. The summed E-state index contributed by atoms with van der Waals surface area (Å²) in [6.45, 7) is 6.64. The molecule has 0 saturated carbocycles. The standard InChI is InChI=1S/C13H17N3/c1-13(2,3)11-7-5-10(6-8-11)12-15-14-9-16(12)4/h5-9H,1-4H3. The second kappa shape index (κ2) is 3.74. The van der Waals surface area contributed by atoms with E-state index in [-0.39, 0.29) is 5.41 Å². The van der Waals surface area contributed by atoms with Crippen LogP contribution in [0.4, 0.5) is 0 Å². The highest BCUT2D eigenvalue weighted by atomic mass is 15.2. The molecule has 0 N–H and O–H groups in total. The molecule has 0 aliphatic carbocycles. The van der Waals surface area contributed by atoms with Crippen molar-refractivity contribution in [3.8, 4) is 11.4 Å². The highest BCUT2D eigenvalue weighted by Gasteiger charge is 2.13. The van der Waals surface area contributed by atoms with Crippen LogP contribution in [0.3, 0.4) is 0 Å². The Labute approximate surface area is 96.1 Å². The van der Waals surface area contributed by atoms with Gasteiger partial charge in [-0.1, -0.05) is 45.0 Å². The largest absolute Gasteiger partial charge is 0.317 e. The minimum absolute atomic E-state index is 0.193. The van der Waals surface area contributed by atoms with Gasteiger partial charge in [0.1, 0.15) is 6.33 Å². The van der Waals surface area contributed by atoms with E-state index in [1.807, 2.05) is 11.6 Å². The number of hydrogen-bond donors (Lipinski definition) is 0. The zero-order valence-electron chi connectivity index (χ0n) is 10.2. The first-order valence-corrected chi connectivity index (χ1v) is 5.43. The summed E-state index contributed by atoms with van der Waals surface area (Å²) in [4.78, 5) is 0. The van der Waals surface area contributed by atoms with Gasteiger partial charge < -0.3 is 4.57 Å². The molecule has 0 aliphatic heterocycles. The lowest BCUT2D eigenvalue weighted by Gasteiger charge is -2.18. The monoisotopic (exact) mass is 215 g/mol. The number of aryl methyl sites for hydroxylation is 1. The molecule has 0 unspecified atom stereocenters. The lowest BCUT2D eigenvalue weighted by atomic mass is 9.87. The maximum absolute atomic E-state index is 4.09. The van der Waals surface area contributed by atoms with E-state index < -0.39 is 0 Å². The number of hydrogen-bond acceptors (Lipinski definition) is 2. The van der Waals surface area contributed by atoms with Gasteiger partial charge in [-0.05, 0) is 11.0 Å². The molecule has 0 amide bonds. The topological polar surface area (TPSA) is 30.7 Å². The number of nitrogens with zero attached hydrogens (tertiary/aromatic N) is 3. The normalized spacial score (nSPS) is 11.8. The molecule has 0 radical (unpaired) electrons. The summed E-state index contributed by atoms with van der Waals surface area (Å²) in [6, 6.07) is 8.52. The molecule has 2 aromatic rings. The molecule has 16 heavy (non-hydrogen) atoms. The Morgan fingerprint density at radius 3 is 2.12 bits per heavy atom. The first-order valence-electron chi connectivity index (χ1n) is 5.43. The average Bonchev–Trinajstić information content (AvgIpc) is 2.63. The van der Waals surface area contributed by atoms with Crippen LogP contribution in [0.25, 0.3) is 11.4 Å². The zero-order chi connectivity index (χ0) is 11.8. The first-order chi connectivity index (χ1) is 7.48. The van der Waals surface area contributed by atoms with Crippen molar-refractivity contribution in [2.24, 2.45) is 7.05 Å². The molecule has 2 rings (SSSR count). The van der Waals surface area contributed by atoms with Crippen LogP contribution in [0.15, 0.2) is 30.6 Å². The smallest absolute Gasteiger partial charge is 0.163 e. The third kappa shape index (κ3) is 1.98. The Balaban J connectivity index is 2.37. The summed E-state index contributed by atoms with van der Waals surface area (Å²) in [5.74, 6) is 0.903. The molecule has 0 saturated heterocycles. The molecule has 0 spiro atoms. The van der Waals surface area contributed by atoms with E-state index in [4.69, 9.17) is 0 Å². The third-order valence-electron chi connectivity index (χ3n) is 2.72. The van der Waals surface area contributed by atoms with Gasteiger partial charge in [-0.2, -0.15) is 0 Å². The predicted octanol–water partition coefficient (Wildman–Crippen LogP) is 2.78. The highest BCUT2D eigenvalue weighted by molar-refractivity contribution is 5.55. The van der Waals surface area contributed by atoms with Crippen LogP contribution < -0.4 is 0 Å². The summed E-state index contributed by atoms with van der Waals surface area (Å²) >= 11 is 0. The van der Waals surface area contributed by atoms with Crippen LogP contribution in [-0.4, -0.2) is 14.8 Å². The quantitative estimate of drug-likeness (QED) is 0.732. The van der Waals surface area contributed by atoms with E-state index in [1.54, 1.807) is 6.33 Å². The molecular weight excluding hydrogens is 198 g/mol. The van der Waals surface area contributed by atoms with Crippen LogP contribution >= 0.6 is 0 Å². The molecule has 0 aliphatic rings. The number of rotatable bonds is 1. The van der Waals surface area contributed by atoms with Crippen molar-refractivity contribution in [1.82, 2.24) is 14.8 Å². The van der Waals surface area contributed by atoms with Crippen molar-refractivity contribution in [3.05, 3.63) is 36.2 Å². The fraction of sp³-hybridized carbons (Fsp3) is 0.385. The molecule has 3 heteroatoms. The van der Waals surface area contributed by atoms with Crippen molar-refractivity contribution in [1.29, 1.82) is 0 Å². The predicted molar refractivity (Wildman–Crippen MR) is 65.1 cm³/mol. The van der Waals surface area contributed by atoms with E-state index >= 15 is 0 Å².